The highest BCUT2D eigenvalue weighted by atomic mass is 19.1. The quantitative estimate of drug-likeness (QED) is 0.884. The van der Waals surface area contributed by atoms with E-state index in [1.54, 1.807) is 17.0 Å². The van der Waals surface area contributed by atoms with E-state index < -0.39 is 0 Å². The maximum Gasteiger partial charge on any atom is 0.242 e. The highest BCUT2D eigenvalue weighted by Gasteiger charge is 2.16. The van der Waals surface area contributed by atoms with E-state index in [-0.39, 0.29) is 18.3 Å². The highest BCUT2D eigenvalue weighted by Crippen LogP contribution is 2.15. The fourth-order valence-corrected chi connectivity index (χ4v) is 1.87. The van der Waals surface area contributed by atoms with Gasteiger partial charge in [-0.1, -0.05) is 6.07 Å². The summed E-state index contributed by atoms with van der Waals surface area (Å²) in [5, 5.41) is 2.84. The second-order valence-corrected chi connectivity index (χ2v) is 4.33. The molecule has 1 amide bonds. The monoisotopic (exact) mass is 252 g/mol. The number of ether oxygens (including phenoxy) is 1. The van der Waals surface area contributed by atoms with Crippen molar-refractivity contribution in [2.24, 2.45) is 0 Å². The molecule has 0 saturated carbocycles. The van der Waals surface area contributed by atoms with Crippen LogP contribution in [-0.2, 0) is 9.53 Å². The number of nitrogens with one attached hydrogen (secondary N) is 1. The van der Waals surface area contributed by atoms with Gasteiger partial charge in [0.25, 0.3) is 0 Å². The second kappa shape index (κ2) is 5.82. The predicted octanol–water partition coefficient (Wildman–Crippen LogP) is 1.40. The largest absolute Gasteiger partial charge is 0.378 e. The predicted molar refractivity (Wildman–Crippen MR) is 67.0 cm³/mol. The first-order valence-electron chi connectivity index (χ1n) is 6.02. The molecule has 1 aliphatic rings. The zero-order chi connectivity index (χ0) is 13.0. The van der Waals surface area contributed by atoms with Crippen LogP contribution in [0, 0.1) is 12.7 Å². The van der Waals surface area contributed by atoms with Crippen molar-refractivity contribution in [3.05, 3.63) is 29.6 Å². The van der Waals surface area contributed by atoms with Gasteiger partial charge in [-0.05, 0) is 24.6 Å². The van der Waals surface area contributed by atoms with Gasteiger partial charge in [-0.25, -0.2) is 4.39 Å². The molecule has 1 aliphatic heterocycles. The van der Waals surface area contributed by atoms with Crippen molar-refractivity contribution in [2.45, 2.75) is 6.92 Å². The van der Waals surface area contributed by atoms with Crippen molar-refractivity contribution in [3.63, 3.8) is 0 Å². The average Bonchev–Trinajstić information content (AvgIpc) is 2.40. The molecule has 0 unspecified atom stereocenters. The highest BCUT2D eigenvalue weighted by molar-refractivity contribution is 5.81. The van der Waals surface area contributed by atoms with Crippen LogP contribution in [-0.4, -0.2) is 43.7 Å². The molecule has 5 heteroatoms. The lowest BCUT2D eigenvalue weighted by Gasteiger charge is -2.27. The third-order valence-corrected chi connectivity index (χ3v) is 2.92. The molecule has 0 spiro atoms. The van der Waals surface area contributed by atoms with Gasteiger partial charge in [-0.3, -0.25) is 4.79 Å². The molecule has 2 rings (SSSR count). The van der Waals surface area contributed by atoms with Gasteiger partial charge in [0.1, 0.15) is 5.82 Å². The standard InChI is InChI=1S/C13H17FN2O2/c1-10-2-3-11(14)12(8-10)15-9-13(17)16-4-6-18-7-5-16/h2-3,8,15H,4-7,9H2,1H3. The number of anilines is 1. The summed E-state index contributed by atoms with van der Waals surface area (Å²) in [5.41, 5.74) is 1.33. The zero-order valence-corrected chi connectivity index (χ0v) is 10.4. The summed E-state index contributed by atoms with van der Waals surface area (Å²) >= 11 is 0. The summed E-state index contributed by atoms with van der Waals surface area (Å²) < 4.78 is 18.6. The molecule has 0 atom stereocenters. The third-order valence-electron chi connectivity index (χ3n) is 2.92. The second-order valence-electron chi connectivity index (χ2n) is 4.33. The molecule has 1 fully saturated rings. The van der Waals surface area contributed by atoms with Crippen LogP contribution in [0.4, 0.5) is 10.1 Å². The fourth-order valence-electron chi connectivity index (χ4n) is 1.87. The Morgan fingerprint density at radius 2 is 2.17 bits per heavy atom. The number of carbonyl (C=O) groups is 1. The number of carbonyl (C=O) groups excluding carboxylic acids is 1. The Morgan fingerprint density at radius 1 is 1.44 bits per heavy atom. The number of halogens is 1. The SMILES string of the molecule is Cc1ccc(F)c(NCC(=O)N2CCOCC2)c1. The van der Waals surface area contributed by atoms with Crippen LogP contribution >= 0.6 is 0 Å². The molecular weight excluding hydrogens is 235 g/mol. The van der Waals surface area contributed by atoms with E-state index in [2.05, 4.69) is 5.32 Å². The lowest BCUT2D eigenvalue weighted by atomic mass is 10.2. The van der Waals surface area contributed by atoms with Crippen molar-refractivity contribution in [1.29, 1.82) is 0 Å². The first-order chi connectivity index (χ1) is 8.66. The van der Waals surface area contributed by atoms with Crippen molar-refractivity contribution >= 4 is 11.6 Å². The number of hydrogen-bond donors (Lipinski definition) is 1. The minimum absolute atomic E-state index is 0.0285. The van der Waals surface area contributed by atoms with E-state index >= 15 is 0 Å². The summed E-state index contributed by atoms with van der Waals surface area (Å²) in [6.07, 6.45) is 0. The van der Waals surface area contributed by atoms with Crippen LogP contribution in [0.1, 0.15) is 5.56 Å². The number of morpholine rings is 1. The van der Waals surface area contributed by atoms with E-state index in [1.807, 2.05) is 6.92 Å². The molecule has 98 valence electrons. The number of benzene rings is 1. The molecule has 0 radical (unpaired) electrons. The van der Waals surface area contributed by atoms with Gasteiger partial charge in [0.05, 0.1) is 25.4 Å². The first-order valence-corrected chi connectivity index (χ1v) is 6.02. The van der Waals surface area contributed by atoms with E-state index in [9.17, 15) is 9.18 Å². The zero-order valence-electron chi connectivity index (χ0n) is 10.4. The van der Waals surface area contributed by atoms with Crippen molar-refractivity contribution in [3.8, 4) is 0 Å². The number of hydrogen-bond acceptors (Lipinski definition) is 3. The minimum atomic E-state index is -0.338. The Bertz CT molecular complexity index is 431. The van der Waals surface area contributed by atoms with Gasteiger partial charge in [0, 0.05) is 13.1 Å². The molecule has 0 bridgehead atoms. The Balaban J connectivity index is 1.90. The van der Waals surface area contributed by atoms with Gasteiger partial charge < -0.3 is 15.0 Å². The maximum absolute atomic E-state index is 13.5. The van der Waals surface area contributed by atoms with E-state index in [0.29, 0.717) is 32.0 Å². The maximum atomic E-state index is 13.5. The van der Waals surface area contributed by atoms with Gasteiger partial charge in [0.15, 0.2) is 0 Å². The molecule has 0 aromatic heterocycles. The molecule has 0 aliphatic carbocycles. The van der Waals surface area contributed by atoms with Crippen molar-refractivity contribution in [1.82, 2.24) is 4.90 Å². The molecule has 18 heavy (non-hydrogen) atoms. The summed E-state index contributed by atoms with van der Waals surface area (Å²) in [6, 6.07) is 4.79. The lowest BCUT2D eigenvalue weighted by molar-refractivity contribution is -0.133. The van der Waals surface area contributed by atoms with Crippen molar-refractivity contribution in [2.75, 3.05) is 38.2 Å². The molecule has 1 N–H and O–H groups in total. The van der Waals surface area contributed by atoms with Crippen LogP contribution in [0.3, 0.4) is 0 Å². The minimum Gasteiger partial charge on any atom is -0.378 e. The summed E-state index contributed by atoms with van der Waals surface area (Å²) in [5.74, 6) is -0.366. The molecule has 4 nitrogen and oxygen atoms in total. The van der Waals surface area contributed by atoms with Crippen LogP contribution in [0.2, 0.25) is 0 Å². The number of nitrogens with zero attached hydrogens (tertiary/aromatic N) is 1. The van der Waals surface area contributed by atoms with E-state index in [1.165, 1.54) is 6.07 Å². The van der Waals surface area contributed by atoms with Crippen LogP contribution < -0.4 is 5.32 Å². The Kier molecular flexibility index (Phi) is 4.15. The number of aryl methyl sites for hydroxylation is 1. The van der Waals surface area contributed by atoms with Crippen LogP contribution in [0.25, 0.3) is 0 Å². The summed E-state index contributed by atoms with van der Waals surface area (Å²) in [4.78, 5) is 13.6. The van der Waals surface area contributed by atoms with Crippen LogP contribution in [0.5, 0.6) is 0 Å². The van der Waals surface area contributed by atoms with Crippen LogP contribution in [0.15, 0.2) is 18.2 Å². The van der Waals surface area contributed by atoms with E-state index in [4.69, 9.17) is 4.74 Å². The van der Waals surface area contributed by atoms with Gasteiger partial charge >= 0.3 is 0 Å². The topological polar surface area (TPSA) is 41.6 Å². The molecule has 1 aromatic carbocycles. The molecule has 1 aromatic rings. The van der Waals surface area contributed by atoms with Gasteiger partial charge in [0.2, 0.25) is 5.91 Å². The normalized spacial score (nSPS) is 15.6. The smallest absolute Gasteiger partial charge is 0.242 e. The molecule has 1 heterocycles. The van der Waals surface area contributed by atoms with E-state index in [0.717, 1.165) is 5.56 Å². The fraction of sp³-hybridized carbons (Fsp3) is 0.462. The molecule has 1 saturated heterocycles. The Labute approximate surface area is 106 Å². The third kappa shape index (κ3) is 3.20. The average molecular weight is 252 g/mol. The number of amides is 1. The number of rotatable bonds is 3. The Morgan fingerprint density at radius 3 is 2.89 bits per heavy atom. The van der Waals surface area contributed by atoms with Crippen molar-refractivity contribution < 1.29 is 13.9 Å². The summed E-state index contributed by atoms with van der Waals surface area (Å²) in [7, 11) is 0. The summed E-state index contributed by atoms with van der Waals surface area (Å²) in [6.45, 7) is 4.36. The van der Waals surface area contributed by atoms with Gasteiger partial charge in [-0.15, -0.1) is 0 Å². The van der Waals surface area contributed by atoms with Gasteiger partial charge in [-0.2, -0.15) is 0 Å². The Hall–Kier alpha value is -1.62. The first kappa shape index (κ1) is 12.8. The lowest BCUT2D eigenvalue weighted by Crippen LogP contribution is -2.43. The molecular formula is C13H17FN2O2.